The fourth-order valence-electron chi connectivity index (χ4n) is 3.19. The van der Waals surface area contributed by atoms with Gasteiger partial charge in [0.25, 0.3) is 5.91 Å². The first-order valence-electron chi connectivity index (χ1n) is 10.3. The Balaban J connectivity index is 1.96. The second-order valence-electron chi connectivity index (χ2n) is 8.03. The molecule has 11 heteroatoms. The zero-order valence-corrected chi connectivity index (χ0v) is 19.1. The molecule has 8 nitrogen and oxygen atoms in total. The van der Waals surface area contributed by atoms with Crippen LogP contribution in [0, 0.1) is 0 Å². The molecule has 1 aromatic heterocycles. The third-order valence-corrected chi connectivity index (χ3v) is 4.98. The lowest BCUT2D eigenvalue weighted by molar-refractivity contribution is -0.153. The van der Waals surface area contributed by atoms with E-state index < -0.39 is 30.2 Å². The molecule has 0 bridgehead atoms. The standard InChI is InChI=1S/C24H23F3N2O6/c1-23(2,22(31)32)29-21(30)16-9-8-14-6-4-5-7-15(14)19(16)34-12-17-20(33-3)18(10-11-28-17)35-13-24(25,26)27/h4-11H,12-13H2,1-3H3,(H,29,30)(H,31,32). The molecule has 1 amide bonds. The number of hydrogen-bond acceptors (Lipinski definition) is 6. The lowest BCUT2D eigenvalue weighted by atomic mass is 10.0. The van der Waals surface area contributed by atoms with Gasteiger partial charge in [-0.1, -0.05) is 30.3 Å². The van der Waals surface area contributed by atoms with Crippen LogP contribution in [0.5, 0.6) is 17.2 Å². The number of carboxylic acids is 1. The molecule has 0 saturated heterocycles. The van der Waals surface area contributed by atoms with Crippen molar-refractivity contribution in [3.05, 3.63) is 59.9 Å². The largest absolute Gasteiger partial charge is 0.491 e. The second-order valence-corrected chi connectivity index (χ2v) is 8.03. The number of amides is 1. The van der Waals surface area contributed by atoms with E-state index in [1.165, 1.54) is 39.3 Å². The Hall–Kier alpha value is -4.02. The predicted molar refractivity (Wildman–Crippen MR) is 120 cm³/mol. The van der Waals surface area contributed by atoms with Gasteiger partial charge in [-0.2, -0.15) is 13.2 Å². The average molecular weight is 492 g/mol. The number of fused-ring (bicyclic) bond motifs is 1. The summed E-state index contributed by atoms with van der Waals surface area (Å²) < 4.78 is 53.8. The lowest BCUT2D eigenvalue weighted by Crippen LogP contribution is -2.49. The van der Waals surface area contributed by atoms with E-state index in [0.717, 1.165) is 5.39 Å². The van der Waals surface area contributed by atoms with Gasteiger partial charge in [0, 0.05) is 17.6 Å². The van der Waals surface area contributed by atoms with Gasteiger partial charge in [0.1, 0.15) is 23.6 Å². The van der Waals surface area contributed by atoms with Crippen LogP contribution >= 0.6 is 0 Å². The van der Waals surface area contributed by atoms with Gasteiger partial charge in [0.05, 0.1) is 12.7 Å². The number of pyridine rings is 1. The van der Waals surface area contributed by atoms with Crippen molar-refractivity contribution < 1.29 is 42.1 Å². The number of carbonyl (C=O) groups is 2. The number of carboxylic acid groups (broad SMARTS) is 1. The minimum atomic E-state index is -4.54. The zero-order chi connectivity index (χ0) is 25.8. The highest BCUT2D eigenvalue weighted by atomic mass is 19.4. The SMILES string of the molecule is COc1c(OCC(F)(F)F)ccnc1COc1c(C(=O)NC(C)(C)C(=O)O)ccc2ccccc12. The third-order valence-electron chi connectivity index (χ3n) is 4.98. The van der Waals surface area contributed by atoms with Crippen LogP contribution in [0.15, 0.2) is 48.7 Å². The normalized spacial score (nSPS) is 11.7. The van der Waals surface area contributed by atoms with Gasteiger partial charge < -0.3 is 24.6 Å². The molecule has 0 unspecified atom stereocenters. The van der Waals surface area contributed by atoms with Crippen molar-refractivity contribution in [2.24, 2.45) is 0 Å². The molecule has 0 atom stereocenters. The Morgan fingerprint density at radius 3 is 2.40 bits per heavy atom. The Bertz CT molecular complexity index is 1240. The fourth-order valence-corrected chi connectivity index (χ4v) is 3.19. The van der Waals surface area contributed by atoms with Crippen LogP contribution in [0.25, 0.3) is 10.8 Å². The summed E-state index contributed by atoms with van der Waals surface area (Å²) in [6, 6.07) is 11.5. The summed E-state index contributed by atoms with van der Waals surface area (Å²) in [7, 11) is 1.26. The van der Waals surface area contributed by atoms with Gasteiger partial charge >= 0.3 is 12.1 Å². The van der Waals surface area contributed by atoms with E-state index >= 15 is 0 Å². The quantitative estimate of drug-likeness (QED) is 0.457. The topological polar surface area (TPSA) is 107 Å². The number of halogens is 3. The summed E-state index contributed by atoms with van der Waals surface area (Å²) in [6.07, 6.45) is -3.29. The maximum Gasteiger partial charge on any atom is 0.422 e. The summed E-state index contributed by atoms with van der Waals surface area (Å²) in [4.78, 5) is 28.6. The van der Waals surface area contributed by atoms with Crippen LogP contribution < -0.4 is 19.5 Å². The number of methoxy groups -OCH3 is 1. The highest BCUT2D eigenvalue weighted by molar-refractivity contribution is 6.05. The first-order chi connectivity index (χ1) is 16.4. The van der Waals surface area contributed by atoms with Crippen molar-refractivity contribution in [2.45, 2.75) is 32.2 Å². The Morgan fingerprint density at radius 2 is 1.74 bits per heavy atom. The molecule has 0 spiro atoms. The first-order valence-corrected chi connectivity index (χ1v) is 10.3. The molecule has 2 N–H and O–H groups in total. The minimum absolute atomic E-state index is 0.0463. The van der Waals surface area contributed by atoms with Crippen LogP contribution in [-0.2, 0) is 11.4 Å². The Labute approximate surface area is 198 Å². The van der Waals surface area contributed by atoms with Crippen molar-refractivity contribution in [1.82, 2.24) is 10.3 Å². The molecule has 3 aromatic rings. The van der Waals surface area contributed by atoms with E-state index in [4.69, 9.17) is 14.2 Å². The van der Waals surface area contributed by atoms with Gasteiger partial charge in [-0.3, -0.25) is 9.78 Å². The lowest BCUT2D eigenvalue weighted by Gasteiger charge is -2.22. The highest BCUT2D eigenvalue weighted by Crippen LogP contribution is 2.34. The number of rotatable bonds is 9. The molecule has 186 valence electrons. The van der Waals surface area contributed by atoms with Crippen molar-refractivity contribution in [3.63, 3.8) is 0 Å². The van der Waals surface area contributed by atoms with Gasteiger partial charge in [0.2, 0.25) is 0 Å². The minimum Gasteiger partial charge on any atom is -0.491 e. The first kappa shape index (κ1) is 25.6. The van der Waals surface area contributed by atoms with E-state index in [1.807, 2.05) is 0 Å². The summed E-state index contributed by atoms with van der Waals surface area (Å²) in [6.45, 7) is 0.899. The van der Waals surface area contributed by atoms with Crippen LogP contribution in [0.2, 0.25) is 0 Å². The molecule has 35 heavy (non-hydrogen) atoms. The van der Waals surface area contributed by atoms with E-state index in [2.05, 4.69) is 10.3 Å². The van der Waals surface area contributed by atoms with Crippen molar-refractivity contribution in [1.29, 1.82) is 0 Å². The monoisotopic (exact) mass is 492 g/mol. The Kier molecular flexibility index (Phi) is 7.37. The van der Waals surface area contributed by atoms with E-state index in [-0.39, 0.29) is 35.1 Å². The summed E-state index contributed by atoms with van der Waals surface area (Å²) in [5, 5.41) is 13.1. The highest BCUT2D eigenvalue weighted by Gasteiger charge is 2.31. The molecule has 0 radical (unpaired) electrons. The number of alkyl halides is 3. The van der Waals surface area contributed by atoms with Crippen LogP contribution in [0.3, 0.4) is 0 Å². The maximum atomic E-state index is 13.0. The zero-order valence-electron chi connectivity index (χ0n) is 19.1. The molecular weight excluding hydrogens is 469 g/mol. The maximum absolute atomic E-state index is 13.0. The molecule has 2 aromatic carbocycles. The number of benzene rings is 2. The van der Waals surface area contributed by atoms with E-state index in [1.54, 1.807) is 30.3 Å². The molecule has 0 aliphatic carbocycles. The summed E-state index contributed by atoms with van der Waals surface area (Å²) >= 11 is 0. The number of aliphatic carboxylic acids is 1. The number of nitrogens with one attached hydrogen (secondary N) is 1. The molecule has 0 fully saturated rings. The predicted octanol–water partition coefficient (Wildman–Crippen LogP) is 4.36. The summed E-state index contributed by atoms with van der Waals surface area (Å²) in [5.74, 6) is -1.97. The van der Waals surface area contributed by atoms with Crippen LogP contribution in [0.1, 0.15) is 29.9 Å². The average Bonchev–Trinajstić information content (AvgIpc) is 2.80. The molecular formula is C24H23F3N2O6. The van der Waals surface area contributed by atoms with E-state index in [0.29, 0.717) is 5.39 Å². The number of aromatic nitrogens is 1. The van der Waals surface area contributed by atoms with Crippen LogP contribution in [-0.4, -0.2) is 47.4 Å². The Morgan fingerprint density at radius 1 is 1.03 bits per heavy atom. The number of nitrogens with zero attached hydrogens (tertiary/aromatic N) is 1. The summed E-state index contributed by atoms with van der Waals surface area (Å²) in [5.41, 5.74) is -1.34. The van der Waals surface area contributed by atoms with Crippen molar-refractivity contribution >= 4 is 22.6 Å². The number of ether oxygens (including phenoxy) is 3. The molecule has 3 rings (SSSR count). The number of hydrogen-bond donors (Lipinski definition) is 2. The fraction of sp³-hybridized carbons (Fsp3) is 0.292. The van der Waals surface area contributed by atoms with Crippen LogP contribution in [0.4, 0.5) is 13.2 Å². The number of carbonyl (C=O) groups excluding carboxylic acids is 1. The van der Waals surface area contributed by atoms with E-state index in [9.17, 15) is 27.9 Å². The second kappa shape index (κ2) is 10.1. The molecule has 0 aliphatic heterocycles. The van der Waals surface area contributed by atoms with Crippen molar-refractivity contribution in [3.8, 4) is 17.2 Å². The van der Waals surface area contributed by atoms with Crippen molar-refractivity contribution in [2.75, 3.05) is 13.7 Å². The third kappa shape index (κ3) is 6.11. The molecule has 1 heterocycles. The van der Waals surface area contributed by atoms with Gasteiger partial charge in [-0.05, 0) is 25.3 Å². The molecule has 0 saturated carbocycles. The van der Waals surface area contributed by atoms with Gasteiger partial charge in [-0.15, -0.1) is 0 Å². The molecule has 0 aliphatic rings. The van der Waals surface area contributed by atoms with Gasteiger partial charge in [0.15, 0.2) is 18.1 Å². The van der Waals surface area contributed by atoms with Gasteiger partial charge in [-0.25, -0.2) is 4.79 Å². The smallest absolute Gasteiger partial charge is 0.422 e.